The first-order chi connectivity index (χ1) is 13.2. The summed E-state index contributed by atoms with van der Waals surface area (Å²) < 4.78 is 2.05. The highest BCUT2D eigenvalue weighted by Gasteiger charge is 2.15. The Bertz CT molecular complexity index is 1080. The van der Waals surface area contributed by atoms with Gasteiger partial charge in [0.05, 0.1) is 6.33 Å². The molecule has 4 aromatic rings. The average molecular weight is 361 g/mol. The van der Waals surface area contributed by atoms with Gasteiger partial charge in [0, 0.05) is 24.2 Å². The average Bonchev–Trinajstić information content (AvgIpc) is 3.11. The highest BCUT2D eigenvalue weighted by Crippen LogP contribution is 2.27. The molecule has 7 nitrogen and oxygen atoms in total. The van der Waals surface area contributed by atoms with E-state index in [1.165, 1.54) is 0 Å². The summed E-state index contributed by atoms with van der Waals surface area (Å²) in [6.45, 7) is 7.17. The lowest BCUT2D eigenvalue weighted by atomic mass is 10.1. The van der Waals surface area contributed by atoms with Crippen molar-refractivity contribution in [1.82, 2.24) is 24.5 Å². The zero-order chi connectivity index (χ0) is 18.8. The van der Waals surface area contributed by atoms with Crippen LogP contribution in [-0.2, 0) is 0 Å². The van der Waals surface area contributed by atoms with Crippen LogP contribution in [0.2, 0.25) is 0 Å². The molecule has 0 spiro atoms. The minimum Gasteiger partial charge on any atom is -0.368 e. The van der Waals surface area contributed by atoms with E-state index in [9.17, 15) is 0 Å². The van der Waals surface area contributed by atoms with E-state index in [4.69, 9.17) is 4.98 Å². The Morgan fingerprint density at radius 3 is 2.70 bits per heavy atom. The molecule has 0 amide bonds. The van der Waals surface area contributed by atoms with Crippen molar-refractivity contribution < 1.29 is 0 Å². The number of nitrogens with zero attached hydrogens (tertiary/aromatic N) is 5. The highest BCUT2D eigenvalue weighted by molar-refractivity contribution is 5.93. The number of rotatable bonds is 6. The number of imidazole rings is 1. The van der Waals surface area contributed by atoms with Crippen molar-refractivity contribution in [3.05, 3.63) is 42.9 Å². The molecule has 3 aromatic heterocycles. The standard InChI is InChI=1S/C20H23N7/c1-4-10-21-18-16-19(27(12-23-16)13(2)3)26-20(25-18)24-17-15-8-6-5-7-14(15)9-11-22-17/h5-9,11-13H,4,10H2,1-3H3,(H2,21,22,24,25,26). The monoisotopic (exact) mass is 361 g/mol. The Hall–Kier alpha value is -3.22. The first-order valence-electron chi connectivity index (χ1n) is 9.26. The molecule has 0 fully saturated rings. The smallest absolute Gasteiger partial charge is 0.232 e. The molecule has 0 unspecified atom stereocenters. The van der Waals surface area contributed by atoms with Gasteiger partial charge in [-0.25, -0.2) is 9.97 Å². The third-order valence-electron chi connectivity index (χ3n) is 4.42. The summed E-state index contributed by atoms with van der Waals surface area (Å²) in [6.07, 6.45) is 4.61. The van der Waals surface area contributed by atoms with Gasteiger partial charge in [0.15, 0.2) is 17.0 Å². The zero-order valence-electron chi connectivity index (χ0n) is 15.8. The minimum absolute atomic E-state index is 0.257. The van der Waals surface area contributed by atoms with Gasteiger partial charge in [-0.1, -0.05) is 31.2 Å². The summed E-state index contributed by atoms with van der Waals surface area (Å²) in [7, 11) is 0. The van der Waals surface area contributed by atoms with Crippen LogP contribution in [0, 0.1) is 0 Å². The molecule has 138 valence electrons. The van der Waals surface area contributed by atoms with Crippen LogP contribution in [0.4, 0.5) is 17.6 Å². The molecule has 27 heavy (non-hydrogen) atoms. The molecule has 2 N–H and O–H groups in total. The maximum Gasteiger partial charge on any atom is 0.232 e. The molecule has 7 heteroatoms. The van der Waals surface area contributed by atoms with Crippen LogP contribution < -0.4 is 10.6 Å². The van der Waals surface area contributed by atoms with Crippen LogP contribution in [0.3, 0.4) is 0 Å². The van der Waals surface area contributed by atoms with Gasteiger partial charge in [-0.2, -0.15) is 9.97 Å². The van der Waals surface area contributed by atoms with Gasteiger partial charge < -0.3 is 15.2 Å². The van der Waals surface area contributed by atoms with E-state index in [-0.39, 0.29) is 6.04 Å². The SMILES string of the molecule is CCCNc1nc(Nc2nccc3ccccc23)nc2c1ncn2C(C)C. The van der Waals surface area contributed by atoms with E-state index < -0.39 is 0 Å². The fourth-order valence-electron chi connectivity index (χ4n) is 3.04. The summed E-state index contributed by atoms with van der Waals surface area (Å²) in [6, 6.07) is 10.4. The molecule has 0 atom stereocenters. The van der Waals surface area contributed by atoms with E-state index in [0.29, 0.717) is 5.95 Å². The molecule has 1 aromatic carbocycles. The van der Waals surface area contributed by atoms with Crippen molar-refractivity contribution in [2.24, 2.45) is 0 Å². The summed E-state index contributed by atoms with van der Waals surface area (Å²) in [5, 5.41) is 8.81. The van der Waals surface area contributed by atoms with Crippen LogP contribution >= 0.6 is 0 Å². The van der Waals surface area contributed by atoms with Gasteiger partial charge in [0.2, 0.25) is 5.95 Å². The van der Waals surface area contributed by atoms with Crippen molar-refractivity contribution in [3.8, 4) is 0 Å². The molecule has 0 aliphatic carbocycles. The number of nitrogens with one attached hydrogen (secondary N) is 2. The number of hydrogen-bond donors (Lipinski definition) is 2. The summed E-state index contributed by atoms with van der Waals surface area (Å²) in [4.78, 5) is 18.4. The molecule has 0 aliphatic rings. The lowest BCUT2D eigenvalue weighted by Crippen LogP contribution is -2.08. The fraction of sp³-hybridized carbons (Fsp3) is 0.300. The van der Waals surface area contributed by atoms with E-state index in [2.05, 4.69) is 57.0 Å². The molecular formula is C20H23N7. The molecular weight excluding hydrogens is 338 g/mol. The van der Waals surface area contributed by atoms with Gasteiger partial charge in [-0.3, -0.25) is 0 Å². The Labute approximate surface area is 157 Å². The highest BCUT2D eigenvalue weighted by atomic mass is 15.2. The quantitative estimate of drug-likeness (QED) is 0.525. The lowest BCUT2D eigenvalue weighted by Gasteiger charge is -2.12. The van der Waals surface area contributed by atoms with Crippen LogP contribution in [0.25, 0.3) is 21.9 Å². The predicted octanol–water partition coefficient (Wildman–Crippen LogP) is 4.52. The predicted molar refractivity (Wildman–Crippen MR) is 110 cm³/mol. The molecule has 3 heterocycles. The number of hydrogen-bond acceptors (Lipinski definition) is 6. The first kappa shape index (κ1) is 17.2. The van der Waals surface area contributed by atoms with Crippen LogP contribution in [-0.4, -0.2) is 31.0 Å². The molecule has 0 bridgehead atoms. The third-order valence-corrected chi connectivity index (χ3v) is 4.42. The molecule has 4 rings (SSSR count). The molecule has 0 saturated heterocycles. The molecule has 0 radical (unpaired) electrons. The fourth-order valence-corrected chi connectivity index (χ4v) is 3.04. The summed E-state index contributed by atoms with van der Waals surface area (Å²) >= 11 is 0. The Kier molecular flexibility index (Phi) is 4.58. The third kappa shape index (κ3) is 3.28. The van der Waals surface area contributed by atoms with Crippen LogP contribution in [0.15, 0.2) is 42.9 Å². The number of aromatic nitrogens is 5. The van der Waals surface area contributed by atoms with Crippen LogP contribution in [0.1, 0.15) is 33.2 Å². The second kappa shape index (κ2) is 7.19. The van der Waals surface area contributed by atoms with Crippen molar-refractivity contribution in [2.75, 3.05) is 17.2 Å². The van der Waals surface area contributed by atoms with Gasteiger partial charge in [-0.15, -0.1) is 0 Å². The van der Waals surface area contributed by atoms with E-state index in [0.717, 1.165) is 46.5 Å². The lowest BCUT2D eigenvalue weighted by molar-refractivity contribution is 0.613. The zero-order valence-corrected chi connectivity index (χ0v) is 15.8. The molecule has 0 aliphatic heterocycles. The summed E-state index contributed by atoms with van der Waals surface area (Å²) in [5.41, 5.74) is 1.59. The maximum atomic E-state index is 4.73. The Balaban J connectivity index is 1.81. The number of fused-ring (bicyclic) bond motifs is 2. The topological polar surface area (TPSA) is 80.6 Å². The second-order valence-corrected chi connectivity index (χ2v) is 6.75. The Morgan fingerprint density at radius 2 is 1.89 bits per heavy atom. The largest absolute Gasteiger partial charge is 0.368 e. The van der Waals surface area contributed by atoms with Crippen LogP contribution in [0.5, 0.6) is 0 Å². The second-order valence-electron chi connectivity index (χ2n) is 6.75. The van der Waals surface area contributed by atoms with Crippen molar-refractivity contribution in [3.63, 3.8) is 0 Å². The van der Waals surface area contributed by atoms with Gasteiger partial charge in [-0.05, 0) is 31.7 Å². The first-order valence-corrected chi connectivity index (χ1v) is 9.26. The van der Waals surface area contributed by atoms with Crippen molar-refractivity contribution >= 4 is 39.5 Å². The maximum absolute atomic E-state index is 4.73. The van der Waals surface area contributed by atoms with E-state index >= 15 is 0 Å². The van der Waals surface area contributed by atoms with Crippen molar-refractivity contribution in [1.29, 1.82) is 0 Å². The number of anilines is 3. The van der Waals surface area contributed by atoms with Gasteiger partial charge >= 0.3 is 0 Å². The number of pyridine rings is 1. The summed E-state index contributed by atoms with van der Waals surface area (Å²) in [5.74, 6) is 1.99. The normalized spacial score (nSPS) is 11.4. The minimum atomic E-state index is 0.257. The van der Waals surface area contributed by atoms with Crippen molar-refractivity contribution in [2.45, 2.75) is 33.2 Å². The van der Waals surface area contributed by atoms with E-state index in [1.54, 1.807) is 6.20 Å². The Morgan fingerprint density at radius 1 is 1.04 bits per heavy atom. The van der Waals surface area contributed by atoms with Gasteiger partial charge in [0.1, 0.15) is 5.82 Å². The number of benzene rings is 1. The van der Waals surface area contributed by atoms with E-state index in [1.807, 2.05) is 30.6 Å². The van der Waals surface area contributed by atoms with Gasteiger partial charge in [0.25, 0.3) is 0 Å². The molecule has 0 saturated carbocycles.